The number of hydrogen-bond donors (Lipinski definition) is 0. The fraction of sp³-hybridized carbons (Fsp3) is 0.400. The van der Waals surface area contributed by atoms with Crippen LogP contribution in [0.25, 0.3) is 0 Å². The highest BCUT2D eigenvalue weighted by molar-refractivity contribution is 7.88. The number of hydrogen-bond acceptors (Lipinski definition) is 6. The van der Waals surface area contributed by atoms with Crippen LogP contribution < -0.4 is 4.74 Å². The normalized spacial score (nSPS) is 21.6. The standard InChI is InChI=1S/C30H34FN3O5S/c1-20-9-10-21(2)25(14-20)30(35)33-17-27(38-3)28(18-33)39-24-7-4-6-22(15-24)19-40(36,37)34-13-5-8-26(34)23-11-12-29(31)32-16-23/h4,6-7,9-12,14-16,26-28H,5,8,13,17-19H2,1-3H3/t26?,27-,28-/m1/s1. The van der Waals surface area contributed by atoms with E-state index in [0.717, 1.165) is 17.5 Å². The van der Waals surface area contributed by atoms with Crippen LogP contribution in [0.4, 0.5) is 4.39 Å². The van der Waals surface area contributed by atoms with E-state index in [1.807, 2.05) is 32.0 Å². The summed E-state index contributed by atoms with van der Waals surface area (Å²) in [5.41, 5.74) is 3.88. The van der Waals surface area contributed by atoms with Crippen molar-refractivity contribution < 1.29 is 27.1 Å². The number of sulfonamides is 1. The predicted molar refractivity (Wildman–Crippen MR) is 149 cm³/mol. The summed E-state index contributed by atoms with van der Waals surface area (Å²) in [7, 11) is -2.06. The molecule has 2 aromatic carbocycles. The van der Waals surface area contributed by atoms with Gasteiger partial charge in [-0.25, -0.2) is 13.4 Å². The molecule has 2 aliphatic rings. The SMILES string of the molecule is CO[C@@H]1CN(C(=O)c2cc(C)ccc2C)C[C@H]1Oc1cccc(CS(=O)(=O)N2CCCC2c2ccc(F)nc2)c1. The highest BCUT2D eigenvalue weighted by atomic mass is 32.2. The molecule has 1 amide bonds. The molecule has 1 aromatic heterocycles. The van der Waals surface area contributed by atoms with Gasteiger partial charge in [0.15, 0.2) is 0 Å². The Morgan fingerprint density at radius 2 is 1.88 bits per heavy atom. The third kappa shape index (κ3) is 6.04. The second kappa shape index (κ2) is 11.6. The first-order valence-electron chi connectivity index (χ1n) is 13.4. The molecule has 0 radical (unpaired) electrons. The van der Waals surface area contributed by atoms with Crippen molar-refractivity contribution in [2.45, 2.75) is 50.7 Å². The number of nitrogens with zero attached hydrogens (tertiary/aromatic N) is 3. The molecule has 212 valence electrons. The molecule has 2 fully saturated rings. The predicted octanol–water partition coefficient (Wildman–Crippen LogP) is 4.42. The molecular weight excluding hydrogens is 533 g/mol. The Bertz CT molecular complexity index is 1480. The zero-order valence-electron chi connectivity index (χ0n) is 22.9. The molecule has 2 aliphatic heterocycles. The lowest BCUT2D eigenvalue weighted by Crippen LogP contribution is -2.32. The zero-order chi connectivity index (χ0) is 28.4. The minimum atomic E-state index is -3.66. The first-order chi connectivity index (χ1) is 19.1. The number of aromatic nitrogens is 1. The van der Waals surface area contributed by atoms with E-state index in [1.165, 1.54) is 16.6 Å². The Morgan fingerprint density at radius 3 is 2.62 bits per heavy atom. The third-order valence-electron chi connectivity index (χ3n) is 7.66. The minimum Gasteiger partial charge on any atom is -0.486 e. The summed E-state index contributed by atoms with van der Waals surface area (Å²) in [6.07, 6.45) is 2.07. The monoisotopic (exact) mass is 567 g/mol. The van der Waals surface area contributed by atoms with Gasteiger partial charge < -0.3 is 14.4 Å². The van der Waals surface area contributed by atoms with Gasteiger partial charge in [0.2, 0.25) is 16.0 Å². The second-order valence-electron chi connectivity index (χ2n) is 10.5. The first kappa shape index (κ1) is 28.2. The van der Waals surface area contributed by atoms with Crippen molar-refractivity contribution in [3.8, 4) is 5.75 Å². The molecule has 0 aliphatic carbocycles. The number of aryl methyl sites for hydroxylation is 2. The van der Waals surface area contributed by atoms with Gasteiger partial charge in [-0.05, 0) is 67.6 Å². The average molecular weight is 568 g/mol. The van der Waals surface area contributed by atoms with Crippen LogP contribution >= 0.6 is 0 Å². The summed E-state index contributed by atoms with van der Waals surface area (Å²) in [5.74, 6) is -0.332. The molecule has 5 rings (SSSR count). The third-order valence-corrected chi connectivity index (χ3v) is 9.51. The van der Waals surface area contributed by atoms with Gasteiger partial charge in [-0.3, -0.25) is 4.79 Å². The number of pyridine rings is 1. The van der Waals surface area contributed by atoms with Crippen LogP contribution in [0.2, 0.25) is 0 Å². The zero-order valence-corrected chi connectivity index (χ0v) is 23.7. The molecule has 3 atom stereocenters. The summed E-state index contributed by atoms with van der Waals surface area (Å²) in [4.78, 5) is 18.7. The molecule has 8 nitrogen and oxygen atoms in total. The number of benzene rings is 2. The number of carbonyl (C=O) groups excluding carboxylic acids is 1. The van der Waals surface area contributed by atoms with Crippen LogP contribution in [0.15, 0.2) is 60.8 Å². The largest absolute Gasteiger partial charge is 0.486 e. The average Bonchev–Trinajstić information content (AvgIpc) is 3.58. The Morgan fingerprint density at radius 1 is 1.07 bits per heavy atom. The van der Waals surface area contributed by atoms with E-state index in [-0.39, 0.29) is 23.8 Å². The summed E-state index contributed by atoms with van der Waals surface area (Å²) < 4.78 is 53.6. The van der Waals surface area contributed by atoms with Gasteiger partial charge in [0.05, 0.1) is 24.9 Å². The molecule has 0 spiro atoms. The molecule has 0 saturated carbocycles. The van der Waals surface area contributed by atoms with Crippen LogP contribution in [0.5, 0.6) is 5.75 Å². The quantitative estimate of drug-likeness (QED) is 0.375. The van der Waals surface area contributed by atoms with Crippen molar-refractivity contribution >= 4 is 15.9 Å². The summed E-state index contributed by atoms with van der Waals surface area (Å²) in [6, 6.07) is 15.3. The van der Waals surface area contributed by atoms with Gasteiger partial charge in [-0.15, -0.1) is 0 Å². The van der Waals surface area contributed by atoms with Crippen molar-refractivity contribution in [1.29, 1.82) is 0 Å². The number of ether oxygens (including phenoxy) is 2. The van der Waals surface area contributed by atoms with E-state index in [2.05, 4.69) is 4.98 Å². The highest BCUT2D eigenvalue weighted by Gasteiger charge is 2.38. The molecule has 10 heteroatoms. The summed E-state index contributed by atoms with van der Waals surface area (Å²) in [6.45, 7) is 5.04. The maximum atomic E-state index is 13.4. The molecule has 1 unspecified atom stereocenters. The van der Waals surface area contributed by atoms with Gasteiger partial charge in [-0.2, -0.15) is 8.70 Å². The lowest BCUT2D eigenvalue weighted by molar-refractivity contribution is 0.0339. The molecule has 3 heterocycles. The van der Waals surface area contributed by atoms with Crippen LogP contribution in [0.3, 0.4) is 0 Å². The topological polar surface area (TPSA) is 89.0 Å². The smallest absolute Gasteiger partial charge is 0.254 e. The highest BCUT2D eigenvalue weighted by Crippen LogP contribution is 2.35. The van der Waals surface area contributed by atoms with Crippen molar-refractivity contribution in [1.82, 2.24) is 14.2 Å². The number of rotatable bonds is 8. The Balaban J connectivity index is 1.28. The van der Waals surface area contributed by atoms with Crippen LogP contribution in [-0.2, 0) is 20.5 Å². The van der Waals surface area contributed by atoms with E-state index in [1.54, 1.807) is 42.3 Å². The van der Waals surface area contributed by atoms with Crippen molar-refractivity contribution in [3.63, 3.8) is 0 Å². The van der Waals surface area contributed by atoms with Crippen molar-refractivity contribution in [2.24, 2.45) is 0 Å². The number of carbonyl (C=O) groups is 1. The maximum Gasteiger partial charge on any atom is 0.254 e. The second-order valence-corrected chi connectivity index (χ2v) is 12.5. The van der Waals surface area contributed by atoms with E-state index >= 15 is 0 Å². The molecule has 3 aromatic rings. The number of amides is 1. The first-order valence-corrected chi connectivity index (χ1v) is 15.0. The van der Waals surface area contributed by atoms with Gasteiger partial charge in [0.25, 0.3) is 5.91 Å². The molecule has 40 heavy (non-hydrogen) atoms. The maximum absolute atomic E-state index is 13.4. The van der Waals surface area contributed by atoms with Crippen LogP contribution in [0.1, 0.15) is 51.5 Å². The van der Waals surface area contributed by atoms with Crippen molar-refractivity contribution in [2.75, 3.05) is 26.7 Å². The van der Waals surface area contributed by atoms with Crippen LogP contribution in [-0.4, -0.2) is 67.5 Å². The molecule has 0 N–H and O–H groups in total. The van der Waals surface area contributed by atoms with Gasteiger partial charge in [0.1, 0.15) is 18.0 Å². The lowest BCUT2D eigenvalue weighted by Gasteiger charge is -2.24. The Labute approximate surface area is 234 Å². The van der Waals surface area contributed by atoms with E-state index in [9.17, 15) is 17.6 Å². The fourth-order valence-corrected chi connectivity index (χ4v) is 7.34. The Hall–Kier alpha value is -3.34. The summed E-state index contributed by atoms with van der Waals surface area (Å²) in [5, 5.41) is 0. The van der Waals surface area contributed by atoms with Crippen LogP contribution in [0, 0.1) is 19.8 Å². The van der Waals surface area contributed by atoms with E-state index in [4.69, 9.17) is 9.47 Å². The number of methoxy groups -OCH3 is 1. The number of halogens is 1. The van der Waals surface area contributed by atoms with E-state index < -0.39 is 22.1 Å². The minimum absolute atomic E-state index is 0.0642. The molecule has 2 saturated heterocycles. The summed E-state index contributed by atoms with van der Waals surface area (Å²) >= 11 is 0. The molecule has 0 bridgehead atoms. The lowest BCUT2D eigenvalue weighted by atomic mass is 10.0. The van der Waals surface area contributed by atoms with Crippen molar-refractivity contribution in [3.05, 3.63) is 94.6 Å². The fourth-order valence-electron chi connectivity index (χ4n) is 5.55. The number of likely N-dealkylation sites (tertiary alicyclic amines) is 1. The molecular formula is C30H34FN3O5S. The van der Waals surface area contributed by atoms with E-state index in [0.29, 0.717) is 48.5 Å². The van der Waals surface area contributed by atoms with Gasteiger partial charge in [0, 0.05) is 25.4 Å². The van der Waals surface area contributed by atoms with Gasteiger partial charge >= 0.3 is 0 Å². The Kier molecular flexibility index (Phi) is 8.21. The van der Waals surface area contributed by atoms with Gasteiger partial charge in [-0.1, -0.05) is 35.9 Å².